The molecule has 1 saturated heterocycles. The third-order valence-electron chi connectivity index (χ3n) is 6.49. The summed E-state index contributed by atoms with van der Waals surface area (Å²) < 4.78 is 0. The molecule has 3 rings (SSSR count). The Morgan fingerprint density at radius 2 is 1.65 bits per heavy atom. The van der Waals surface area contributed by atoms with Gasteiger partial charge in [-0.1, -0.05) is 26.7 Å². The molecule has 4 atom stereocenters. The molecule has 2 N–H and O–H groups in total. The van der Waals surface area contributed by atoms with E-state index in [-0.39, 0.29) is 0 Å². The summed E-state index contributed by atoms with van der Waals surface area (Å²) in [5, 5.41) is 0. The number of hydrogen-bond donors (Lipinski definition) is 1. The van der Waals surface area contributed by atoms with E-state index in [1.807, 2.05) is 0 Å². The maximum Gasteiger partial charge on any atom is 0.0339 e. The van der Waals surface area contributed by atoms with Gasteiger partial charge in [0.15, 0.2) is 0 Å². The van der Waals surface area contributed by atoms with Crippen molar-refractivity contribution in [3.8, 4) is 0 Å². The van der Waals surface area contributed by atoms with E-state index in [0.717, 1.165) is 30.3 Å². The first-order valence-electron chi connectivity index (χ1n) is 9.11. The fourth-order valence-corrected chi connectivity index (χ4v) is 5.97. The predicted octanol–water partition coefficient (Wildman–Crippen LogP) is 3.79. The van der Waals surface area contributed by atoms with Gasteiger partial charge in [-0.2, -0.15) is 0 Å². The standard InChI is InChI=1S/C18H34N2/c1-14-10-15(2)12-18(11-14,13-19)20-9-5-7-16-6-3-4-8-17(16)20/h14-17H,3-13,19H2,1-2H3/t14?,15?,16-,17-,18?/m1/s1. The van der Waals surface area contributed by atoms with Crippen molar-refractivity contribution in [1.82, 2.24) is 4.90 Å². The van der Waals surface area contributed by atoms with Crippen LogP contribution in [-0.2, 0) is 0 Å². The molecule has 0 bridgehead atoms. The van der Waals surface area contributed by atoms with Crippen LogP contribution in [0.25, 0.3) is 0 Å². The fourth-order valence-electron chi connectivity index (χ4n) is 5.97. The maximum absolute atomic E-state index is 6.37. The molecule has 2 aliphatic carbocycles. The largest absolute Gasteiger partial charge is 0.329 e. The zero-order valence-electron chi connectivity index (χ0n) is 13.6. The molecule has 1 aliphatic heterocycles. The van der Waals surface area contributed by atoms with E-state index >= 15 is 0 Å². The van der Waals surface area contributed by atoms with Crippen molar-refractivity contribution in [3.63, 3.8) is 0 Å². The highest BCUT2D eigenvalue weighted by Gasteiger charge is 2.47. The zero-order chi connectivity index (χ0) is 14.2. The first-order chi connectivity index (χ1) is 9.64. The number of rotatable bonds is 2. The van der Waals surface area contributed by atoms with Crippen LogP contribution in [-0.4, -0.2) is 29.6 Å². The van der Waals surface area contributed by atoms with Gasteiger partial charge in [-0.15, -0.1) is 0 Å². The molecule has 2 heteroatoms. The van der Waals surface area contributed by atoms with Crippen LogP contribution < -0.4 is 5.73 Å². The number of fused-ring (bicyclic) bond motifs is 1. The molecule has 3 aliphatic rings. The van der Waals surface area contributed by atoms with E-state index in [1.54, 1.807) is 0 Å². The number of hydrogen-bond acceptors (Lipinski definition) is 2. The van der Waals surface area contributed by atoms with Crippen LogP contribution >= 0.6 is 0 Å². The van der Waals surface area contributed by atoms with Crippen molar-refractivity contribution < 1.29 is 0 Å². The maximum atomic E-state index is 6.37. The van der Waals surface area contributed by atoms with Crippen molar-refractivity contribution in [3.05, 3.63) is 0 Å². The highest BCUT2D eigenvalue weighted by Crippen LogP contribution is 2.45. The molecule has 116 valence electrons. The monoisotopic (exact) mass is 278 g/mol. The van der Waals surface area contributed by atoms with Crippen molar-refractivity contribution in [2.24, 2.45) is 23.5 Å². The summed E-state index contributed by atoms with van der Waals surface area (Å²) in [6.07, 6.45) is 12.8. The van der Waals surface area contributed by atoms with Crippen LogP contribution in [0.15, 0.2) is 0 Å². The van der Waals surface area contributed by atoms with Gasteiger partial charge in [0.05, 0.1) is 0 Å². The molecule has 0 radical (unpaired) electrons. The van der Waals surface area contributed by atoms with Gasteiger partial charge in [-0.25, -0.2) is 0 Å². The Morgan fingerprint density at radius 1 is 1.00 bits per heavy atom. The summed E-state index contributed by atoms with van der Waals surface area (Å²) in [4.78, 5) is 2.92. The second-order valence-corrected chi connectivity index (χ2v) is 8.23. The molecule has 0 aromatic rings. The second kappa shape index (κ2) is 5.96. The molecule has 2 nitrogen and oxygen atoms in total. The van der Waals surface area contributed by atoms with E-state index < -0.39 is 0 Å². The zero-order valence-corrected chi connectivity index (χ0v) is 13.6. The molecule has 20 heavy (non-hydrogen) atoms. The van der Waals surface area contributed by atoms with Crippen molar-refractivity contribution in [2.75, 3.05) is 13.1 Å². The minimum Gasteiger partial charge on any atom is -0.329 e. The minimum atomic E-state index is 0.331. The summed E-state index contributed by atoms with van der Waals surface area (Å²) in [6.45, 7) is 7.09. The van der Waals surface area contributed by atoms with E-state index in [1.165, 1.54) is 64.3 Å². The van der Waals surface area contributed by atoms with Gasteiger partial charge in [0, 0.05) is 18.1 Å². The first kappa shape index (κ1) is 14.8. The van der Waals surface area contributed by atoms with Crippen molar-refractivity contribution in [2.45, 2.75) is 83.2 Å². The third-order valence-corrected chi connectivity index (χ3v) is 6.49. The Kier molecular flexibility index (Phi) is 4.42. The Hall–Kier alpha value is -0.0800. The van der Waals surface area contributed by atoms with Crippen molar-refractivity contribution >= 4 is 0 Å². The number of nitrogens with zero attached hydrogens (tertiary/aromatic N) is 1. The van der Waals surface area contributed by atoms with Crippen LogP contribution in [0.3, 0.4) is 0 Å². The Bertz CT molecular complexity index is 315. The summed E-state index contributed by atoms with van der Waals surface area (Å²) in [5.74, 6) is 2.69. The van der Waals surface area contributed by atoms with Crippen molar-refractivity contribution in [1.29, 1.82) is 0 Å². The fraction of sp³-hybridized carbons (Fsp3) is 1.00. The SMILES string of the molecule is CC1CC(C)CC(CN)(N2CCC[C@H]3CCCC[C@H]32)C1. The summed E-state index contributed by atoms with van der Waals surface area (Å²) in [6, 6.07) is 0.860. The highest BCUT2D eigenvalue weighted by molar-refractivity contribution is 5.03. The number of piperidine rings is 1. The molecule has 0 amide bonds. The molecule has 0 aromatic carbocycles. The lowest BCUT2D eigenvalue weighted by atomic mass is 9.67. The van der Waals surface area contributed by atoms with Crippen LogP contribution in [0, 0.1) is 17.8 Å². The molecule has 3 fully saturated rings. The molecular weight excluding hydrogens is 244 g/mol. The van der Waals surface area contributed by atoms with E-state index in [9.17, 15) is 0 Å². The minimum absolute atomic E-state index is 0.331. The van der Waals surface area contributed by atoms with Gasteiger partial charge in [0.2, 0.25) is 0 Å². The molecular formula is C18H34N2. The van der Waals surface area contributed by atoms with Gasteiger partial charge >= 0.3 is 0 Å². The Labute approximate surface area is 125 Å². The lowest BCUT2D eigenvalue weighted by Crippen LogP contribution is -2.64. The van der Waals surface area contributed by atoms with Crippen LogP contribution in [0.5, 0.6) is 0 Å². The van der Waals surface area contributed by atoms with Gasteiger partial charge in [0.1, 0.15) is 0 Å². The van der Waals surface area contributed by atoms with Gasteiger partial charge in [-0.3, -0.25) is 4.90 Å². The topological polar surface area (TPSA) is 29.3 Å². The molecule has 2 unspecified atom stereocenters. The average molecular weight is 278 g/mol. The van der Waals surface area contributed by atoms with Gasteiger partial charge in [0.25, 0.3) is 0 Å². The number of nitrogens with two attached hydrogens (primary N) is 1. The lowest BCUT2D eigenvalue weighted by Gasteiger charge is -2.57. The summed E-state index contributed by atoms with van der Waals surface area (Å²) in [7, 11) is 0. The van der Waals surface area contributed by atoms with E-state index in [2.05, 4.69) is 18.7 Å². The molecule has 1 heterocycles. The quantitative estimate of drug-likeness (QED) is 0.832. The van der Waals surface area contributed by atoms with Crippen LogP contribution in [0.2, 0.25) is 0 Å². The average Bonchev–Trinajstić information content (AvgIpc) is 2.45. The van der Waals surface area contributed by atoms with Gasteiger partial charge < -0.3 is 5.73 Å². The highest BCUT2D eigenvalue weighted by atomic mass is 15.2. The Morgan fingerprint density at radius 3 is 2.35 bits per heavy atom. The van der Waals surface area contributed by atoms with E-state index in [0.29, 0.717) is 5.54 Å². The smallest absolute Gasteiger partial charge is 0.0339 e. The first-order valence-corrected chi connectivity index (χ1v) is 9.11. The normalized spacial score (nSPS) is 47.0. The molecule has 0 spiro atoms. The third kappa shape index (κ3) is 2.66. The summed E-state index contributed by atoms with van der Waals surface area (Å²) in [5.41, 5.74) is 6.70. The summed E-state index contributed by atoms with van der Waals surface area (Å²) >= 11 is 0. The lowest BCUT2D eigenvalue weighted by molar-refractivity contribution is -0.0607. The van der Waals surface area contributed by atoms with Crippen LogP contribution in [0.4, 0.5) is 0 Å². The predicted molar refractivity (Wildman–Crippen MR) is 85.7 cm³/mol. The molecule has 0 aromatic heterocycles. The molecule has 2 saturated carbocycles. The number of likely N-dealkylation sites (tertiary alicyclic amines) is 1. The van der Waals surface area contributed by atoms with Crippen LogP contribution in [0.1, 0.15) is 71.6 Å². The van der Waals surface area contributed by atoms with E-state index in [4.69, 9.17) is 5.73 Å². The second-order valence-electron chi connectivity index (χ2n) is 8.23. The Balaban J connectivity index is 1.83. The van der Waals surface area contributed by atoms with Gasteiger partial charge in [-0.05, 0) is 69.2 Å².